The fraction of sp³-hybridized carbons (Fsp3) is 0.750. The molecule has 10 heavy (non-hydrogen) atoms. The van der Waals surface area contributed by atoms with Gasteiger partial charge >= 0.3 is 0 Å². The van der Waals surface area contributed by atoms with E-state index in [9.17, 15) is 0 Å². The van der Waals surface area contributed by atoms with Gasteiger partial charge in [0, 0.05) is 0 Å². The van der Waals surface area contributed by atoms with E-state index < -0.39 is 0 Å². The molecule has 0 fully saturated rings. The average molecular weight is 146 g/mol. The summed E-state index contributed by atoms with van der Waals surface area (Å²) >= 11 is 0. The zero-order valence-electron chi connectivity index (χ0n) is 6.64. The third-order valence-corrected chi connectivity index (χ3v) is 1.38. The Labute approximate surface area is 62.9 Å². The molecule has 0 bridgehead atoms. The number of rotatable bonds is 5. The number of aliphatic hydroxyl groups excluding tert-OH is 1. The lowest BCUT2D eigenvalue weighted by Crippen LogP contribution is -1.99. The lowest BCUT2D eigenvalue weighted by atomic mass is 10.1. The number of unbranched alkanes of at least 4 members (excludes halogenated alkanes) is 2. The van der Waals surface area contributed by atoms with Crippen LogP contribution >= 0.6 is 0 Å². The van der Waals surface area contributed by atoms with Crippen molar-refractivity contribution in [3.05, 3.63) is 12.7 Å². The highest BCUT2D eigenvalue weighted by molar-refractivity contribution is 4.77. The smallest absolute Gasteiger partial charge is 0.0718 e. The van der Waals surface area contributed by atoms with Gasteiger partial charge in [-0.3, -0.25) is 0 Å². The van der Waals surface area contributed by atoms with Gasteiger partial charge in [-0.2, -0.15) is 0 Å². The summed E-state index contributed by atoms with van der Waals surface area (Å²) in [6.07, 6.45) is 5.72. The van der Waals surface area contributed by atoms with Gasteiger partial charge in [-0.05, 0) is 6.42 Å². The Morgan fingerprint density at radius 1 is 1.50 bits per heavy atom. The summed E-state index contributed by atoms with van der Waals surface area (Å²) in [5.41, 5.74) is 0. The summed E-state index contributed by atoms with van der Waals surface area (Å²) < 4.78 is 0. The molecule has 0 saturated heterocycles. The van der Waals surface area contributed by atoms with Gasteiger partial charge in [-0.15, -0.1) is 6.58 Å². The molecule has 0 aromatic rings. The van der Waals surface area contributed by atoms with E-state index in [0.29, 0.717) is 0 Å². The van der Waals surface area contributed by atoms with E-state index in [1.165, 1.54) is 12.8 Å². The average Bonchev–Trinajstić information content (AvgIpc) is 1.89. The molecule has 0 aliphatic heterocycles. The lowest BCUT2D eigenvalue weighted by Gasteiger charge is -2.01. The summed E-state index contributed by atoms with van der Waals surface area (Å²) in [7, 11) is 0. The number of aliphatic hydroxyl groups is 1. The van der Waals surface area contributed by atoms with E-state index >= 15 is 0 Å². The molecule has 0 radical (unpaired) electrons. The molecule has 0 aromatic heterocycles. The molecule has 0 heterocycles. The lowest BCUT2D eigenvalue weighted by molar-refractivity contribution is 0.208. The Bertz CT molecular complexity index is 71.7. The van der Waals surface area contributed by atoms with E-state index in [2.05, 4.69) is 13.5 Å². The third-order valence-electron chi connectivity index (χ3n) is 1.38. The molecule has 0 aliphatic carbocycles. The first kappa shape index (κ1) is 12.3. The second kappa shape index (κ2) is 8.66. The van der Waals surface area contributed by atoms with Gasteiger partial charge in [0.15, 0.2) is 0 Å². The fourth-order valence-corrected chi connectivity index (χ4v) is 0.721. The summed E-state index contributed by atoms with van der Waals surface area (Å²) in [6.45, 7) is 5.64. The quantitative estimate of drug-likeness (QED) is 0.461. The van der Waals surface area contributed by atoms with Crippen LogP contribution in [0.15, 0.2) is 12.7 Å². The van der Waals surface area contributed by atoms with Crippen LogP contribution in [0.25, 0.3) is 0 Å². The molecule has 1 unspecified atom stereocenters. The van der Waals surface area contributed by atoms with Crippen molar-refractivity contribution in [2.75, 3.05) is 0 Å². The predicted octanol–water partition coefficient (Wildman–Crippen LogP) is 1.29. The van der Waals surface area contributed by atoms with Gasteiger partial charge in [0.25, 0.3) is 0 Å². The van der Waals surface area contributed by atoms with Crippen LogP contribution < -0.4 is 0 Å². The van der Waals surface area contributed by atoms with Crippen molar-refractivity contribution in [2.24, 2.45) is 0 Å². The first-order valence-corrected chi connectivity index (χ1v) is 3.62. The van der Waals surface area contributed by atoms with Crippen LogP contribution in [0, 0.1) is 0 Å². The minimum atomic E-state index is -0.281. The van der Waals surface area contributed by atoms with Crippen LogP contribution in [-0.4, -0.2) is 16.7 Å². The monoisotopic (exact) mass is 146 g/mol. The summed E-state index contributed by atoms with van der Waals surface area (Å²) in [4.78, 5) is 0. The zero-order valence-corrected chi connectivity index (χ0v) is 6.64. The molecule has 1 atom stereocenters. The molecule has 62 valence electrons. The van der Waals surface area contributed by atoms with Crippen LogP contribution in [0.2, 0.25) is 0 Å². The van der Waals surface area contributed by atoms with Crippen LogP contribution in [0.5, 0.6) is 0 Å². The second-order valence-corrected chi connectivity index (χ2v) is 2.30. The van der Waals surface area contributed by atoms with E-state index in [1.807, 2.05) is 0 Å². The second-order valence-electron chi connectivity index (χ2n) is 2.30. The maximum atomic E-state index is 8.97. The molecule has 2 nitrogen and oxygen atoms in total. The summed E-state index contributed by atoms with van der Waals surface area (Å²) in [6, 6.07) is 0. The first-order chi connectivity index (χ1) is 4.31. The Morgan fingerprint density at radius 3 is 2.50 bits per heavy atom. The molecule has 0 saturated carbocycles. The van der Waals surface area contributed by atoms with Gasteiger partial charge in [-0.25, -0.2) is 0 Å². The SMILES string of the molecule is C=CC(O)CCCCC.O. The van der Waals surface area contributed by atoms with Gasteiger partial charge in [0.2, 0.25) is 0 Å². The molecule has 2 heteroatoms. The van der Waals surface area contributed by atoms with Gasteiger partial charge in [0.05, 0.1) is 6.10 Å². The van der Waals surface area contributed by atoms with Crippen LogP contribution in [0.3, 0.4) is 0 Å². The number of hydrogen-bond acceptors (Lipinski definition) is 1. The molecule has 0 amide bonds. The number of hydrogen-bond donors (Lipinski definition) is 1. The molecular formula is C8H18O2. The molecule has 0 aromatic carbocycles. The molecular weight excluding hydrogens is 128 g/mol. The van der Waals surface area contributed by atoms with Crippen molar-refractivity contribution >= 4 is 0 Å². The van der Waals surface area contributed by atoms with Crippen molar-refractivity contribution < 1.29 is 10.6 Å². The van der Waals surface area contributed by atoms with Crippen molar-refractivity contribution in [1.82, 2.24) is 0 Å². The summed E-state index contributed by atoms with van der Waals surface area (Å²) in [5, 5.41) is 8.97. The minimum absolute atomic E-state index is 0. The standard InChI is InChI=1S/C8H16O.H2O/c1-3-5-6-7-8(9)4-2;/h4,8-9H,2-3,5-7H2,1H3;1H2. The topological polar surface area (TPSA) is 51.7 Å². The highest BCUT2D eigenvalue weighted by atomic mass is 16.3. The Hall–Kier alpha value is -0.340. The van der Waals surface area contributed by atoms with Crippen molar-refractivity contribution in [2.45, 2.75) is 38.7 Å². The van der Waals surface area contributed by atoms with Gasteiger partial charge in [0.1, 0.15) is 0 Å². The van der Waals surface area contributed by atoms with E-state index in [-0.39, 0.29) is 11.6 Å². The third kappa shape index (κ3) is 7.66. The van der Waals surface area contributed by atoms with Crippen LogP contribution in [-0.2, 0) is 0 Å². The Balaban J connectivity index is 0. The molecule has 0 rings (SSSR count). The largest absolute Gasteiger partial charge is 0.412 e. The van der Waals surface area contributed by atoms with E-state index in [0.717, 1.165) is 12.8 Å². The van der Waals surface area contributed by atoms with Crippen molar-refractivity contribution in [3.63, 3.8) is 0 Å². The Morgan fingerprint density at radius 2 is 2.10 bits per heavy atom. The van der Waals surface area contributed by atoms with Crippen molar-refractivity contribution in [3.8, 4) is 0 Å². The highest BCUT2D eigenvalue weighted by Gasteiger charge is 1.94. The van der Waals surface area contributed by atoms with Crippen molar-refractivity contribution in [1.29, 1.82) is 0 Å². The zero-order chi connectivity index (χ0) is 7.11. The molecule has 0 aliphatic rings. The maximum Gasteiger partial charge on any atom is 0.0718 e. The van der Waals surface area contributed by atoms with Crippen LogP contribution in [0.1, 0.15) is 32.6 Å². The molecule has 0 spiro atoms. The van der Waals surface area contributed by atoms with Gasteiger partial charge in [-0.1, -0.05) is 32.3 Å². The normalized spacial score (nSPS) is 11.8. The maximum absolute atomic E-state index is 8.97. The summed E-state index contributed by atoms with van der Waals surface area (Å²) in [5.74, 6) is 0. The molecule has 3 N–H and O–H groups in total. The predicted molar refractivity (Wildman–Crippen MR) is 44.0 cm³/mol. The highest BCUT2D eigenvalue weighted by Crippen LogP contribution is 2.02. The Kier molecular flexibility index (Phi) is 10.7. The van der Waals surface area contributed by atoms with Crippen LogP contribution in [0.4, 0.5) is 0 Å². The van der Waals surface area contributed by atoms with E-state index in [1.54, 1.807) is 6.08 Å². The van der Waals surface area contributed by atoms with E-state index in [4.69, 9.17) is 5.11 Å². The minimum Gasteiger partial charge on any atom is -0.412 e. The van der Waals surface area contributed by atoms with Gasteiger partial charge < -0.3 is 10.6 Å². The fourth-order valence-electron chi connectivity index (χ4n) is 0.721. The first-order valence-electron chi connectivity index (χ1n) is 3.62.